The number of nitrogens with one attached hydrogen (secondary N) is 3. The van der Waals surface area contributed by atoms with E-state index >= 15 is 0 Å². The van der Waals surface area contributed by atoms with E-state index in [4.69, 9.17) is 4.74 Å². The number of benzene rings is 3. The lowest BCUT2D eigenvalue weighted by atomic mass is 10.1. The molecule has 172 valence electrons. The van der Waals surface area contributed by atoms with E-state index in [0.717, 1.165) is 23.4 Å². The van der Waals surface area contributed by atoms with Crippen molar-refractivity contribution in [2.45, 2.75) is 39.3 Å². The van der Waals surface area contributed by atoms with Gasteiger partial charge in [-0.25, -0.2) is 0 Å². The third-order valence-corrected chi connectivity index (χ3v) is 5.28. The van der Waals surface area contributed by atoms with Crippen LogP contribution >= 0.6 is 0 Å². The van der Waals surface area contributed by atoms with E-state index in [-0.39, 0.29) is 30.5 Å². The van der Waals surface area contributed by atoms with Crippen LogP contribution in [0.25, 0.3) is 0 Å². The lowest BCUT2D eigenvalue weighted by molar-refractivity contribution is -0.114. The van der Waals surface area contributed by atoms with Crippen molar-refractivity contribution in [3.8, 4) is 5.75 Å². The number of amides is 2. The molecule has 0 spiro atoms. The van der Waals surface area contributed by atoms with Crippen molar-refractivity contribution < 1.29 is 14.3 Å². The molecular formula is C27H31N3O3. The van der Waals surface area contributed by atoms with Crippen molar-refractivity contribution in [1.82, 2.24) is 5.32 Å². The Kier molecular flexibility index (Phi) is 8.47. The molecule has 6 nitrogen and oxygen atoms in total. The third kappa shape index (κ3) is 7.38. The van der Waals surface area contributed by atoms with Gasteiger partial charge in [0.05, 0.1) is 18.7 Å². The Morgan fingerprint density at radius 2 is 1.61 bits per heavy atom. The van der Waals surface area contributed by atoms with Crippen LogP contribution in [0, 0.1) is 0 Å². The molecule has 0 saturated carbocycles. The van der Waals surface area contributed by atoms with Gasteiger partial charge >= 0.3 is 0 Å². The van der Waals surface area contributed by atoms with Crippen LogP contribution in [0.2, 0.25) is 0 Å². The summed E-state index contributed by atoms with van der Waals surface area (Å²) < 4.78 is 5.76. The summed E-state index contributed by atoms with van der Waals surface area (Å²) in [5.74, 6) is 0.404. The first-order valence-electron chi connectivity index (χ1n) is 11.2. The number of hydrogen-bond acceptors (Lipinski definition) is 4. The van der Waals surface area contributed by atoms with Gasteiger partial charge in [0, 0.05) is 16.9 Å². The van der Waals surface area contributed by atoms with E-state index in [1.807, 2.05) is 68.4 Å². The minimum Gasteiger partial charge on any atom is -0.491 e. The van der Waals surface area contributed by atoms with Crippen LogP contribution in [-0.2, 0) is 4.79 Å². The highest BCUT2D eigenvalue weighted by atomic mass is 16.5. The Bertz CT molecular complexity index is 1050. The number of carbonyl (C=O) groups excluding carboxylic acids is 2. The molecule has 0 saturated heterocycles. The van der Waals surface area contributed by atoms with Crippen LogP contribution in [0.5, 0.6) is 5.75 Å². The number of carbonyl (C=O) groups is 2. The highest BCUT2D eigenvalue weighted by Gasteiger charge is 2.12. The zero-order valence-corrected chi connectivity index (χ0v) is 19.3. The summed E-state index contributed by atoms with van der Waals surface area (Å²) in [5, 5.41) is 8.91. The Balaban J connectivity index is 1.51. The normalized spacial score (nSPS) is 12.3. The van der Waals surface area contributed by atoms with E-state index < -0.39 is 0 Å². The molecule has 0 aromatic heterocycles. The molecule has 2 atom stereocenters. The fourth-order valence-corrected chi connectivity index (χ4v) is 3.20. The minimum absolute atomic E-state index is 0.104. The monoisotopic (exact) mass is 445 g/mol. The topological polar surface area (TPSA) is 79.5 Å². The molecule has 0 aliphatic heterocycles. The van der Waals surface area contributed by atoms with Gasteiger partial charge in [0.2, 0.25) is 5.91 Å². The fraction of sp³-hybridized carbons (Fsp3) is 0.259. The Hall–Kier alpha value is -3.80. The second-order valence-electron chi connectivity index (χ2n) is 7.95. The van der Waals surface area contributed by atoms with E-state index in [1.54, 1.807) is 24.3 Å². The second-order valence-corrected chi connectivity index (χ2v) is 7.95. The SMILES string of the molecule is CCC(C)Oc1ccc(NCC(=O)Nc2cccc(C(=O)NC(C)c3ccccc3)c2)cc1. The molecule has 0 radical (unpaired) electrons. The molecule has 2 amide bonds. The number of anilines is 2. The number of ether oxygens (including phenoxy) is 1. The Labute approximate surface area is 195 Å². The summed E-state index contributed by atoms with van der Waals surface area (Å²) in [6.07, 6.45) is 1.10. The molecule has 2 unspecified atom stereocenters. The summed E-state index contributed by atoms with van der Waals surface area (Å²) >= 11 is 0. The largest absolute Gasteiger partial charge is 0.491 e. The van der Waals surface area contributed by atoms with Crippen LogP contribution < -0.4 is 20.7 Å². The van der Waals surface area contributed by atoms with Crippen molar-refractivity contribution >= 4 is 23.2 Å². The standard InChI is InChI=1S/C27H31N3O3/c1-4-19(2)33-25-15-13-23(14-16-25)28-18-26(31)30-24-12-8-11-22(17-24)27(32)29-20(3)21-9-6-5-7-10-21/h5-17,19-20,28H,4,18H2,1-3H3,(H,29,32)(H,30,31). The molecule has 0 bridgehead atoms. The maximum absolute atomic E-state index is 12.6. The highest BCUT2D eigenvalue weighted by molar-refractivity contribution is 5.98. The molecule has 3 aromatic rings. The molecule has 3 N–H and O–H groups in total. The van der Waals surface area contributed by atoms with Crippen molar-refractivity contribution in [3.05, 3.63) is 90.0 Å². The van der Waals surface area contributed by atoms with Crippen molar-refractivity contribution in [1.29, 1.82) is 0 Å². The van der Waals surface area contributed by atoms with Crippen LogP contribution in [0.1, 0.15) is 49.2 Å². The maximum Gasteiger partial charge on any atom is 0.251 e. The molecule has 0 aliphatic rings. The van der Waals surface area contributed by atoms with Crippen molar-refractivity contribution in [2.24, 2.45) is 0 Å². The molecular weight excluding hydrogens is 414 g/mol. The second kappa shape index (κ2) is 11.7. The maximum atomic E-state index is 12.6. The Morgan fingerprint density at radius 1 is 0.879 bits per heavy atom. The van der Waals surface area contributed by atoms with Gasteiger partial charge < -0.3 is 20.7 Å². The van der Waals surface area contributed by atoms with Gasteiger partial charge in [-0.1, -0.05) is 43.3 Å². The van der Waals surface area contributed by atoms with Crippen molar-refractivity contribution in [3.63, 3.8) is 0 Å². The fourth-order valence-electron chi connectivity index (χ4n) is 3.20. The van der Waals surface area contributed by atoms with Gasteiger partial charge in [0.25, 0.3) is 5.91 Å². The van der Waals surface area contributed by atoms with Crippen LogP contribution in [-0.4, -0.2) is 24.5 Å². The van der Waals surface area contributed by atoms with Crippen LogP contribution in [0.15, 0.2) is 78.9 Å². The van der Waals surface area contributed by atoms with Gasteiger partial charge in [0.15, 0.2) is 0 Å². The third-order valence-electron chi connectivity index (χ3n) is 5.28. The summed E-state index contributed by atoms with van der Waals surface area (Å²) in [7, 11) is 0. The van der Waals surface area contributed by atoms with E-state index in [1.165, 1.54) is 0 Å². The van der Waals surface area contributed by atoms with E-state index in [0.29, 0.717) is 11.3 Å². The minimum atomic E-state index is -0.204. The zero-order chi connectivity index (χ0) is 23.6. The molecule has 3 rings (SSSR count). The number of rotatable bonds is 10. The summed E-state index contributed by atoms with van der Waals surface area (Å²) in [4.78, 5) is 25.0. The van der Waals surface area contributed by atoms with Crippen LogP contribution in [0.4, 0.5) is 11.4 Å². The smallest absolute Gasteiger partial charge is 0.251 e. The lowest BCUT2D eigenvalue weighted by Gasteiger charge is -2.15. The van der Waals surface area contributed by atoms with Gasteiger partial charge in [-0.05, 0) is 68.3 Å². The van der Waals surface area contributed by atoms with Crippen LogP contribution in [0.3, 0.4) is 0 Å². The first-order valence-corrected chi connectivity index (χ1v) is 11.2. The van der Waals surface area contributed by atoms with Gasteiger partial charge in [-0.15, -0.1) is 0 Å². The highest BCUT2D eigenvalue weighted by Crippen LogP contribution is 2.18. The lowest BCUT2D eigenvalue weighted by Crippen LogP contribution is -2.27. The average molecular weight is 446 g/mol. The van der Waals surface area contributed by atoms with Gasteiger partial charge in [-0.3, -0.25) is 9.59 Å². The summed E-state index contributed by atoms with van der Waals surface area (Å²) in [5.41, 5.74) is 2.91. The molecule has 0 fully saturated rings. The summed E-state index contributed by atoms with van der Waals surface area (Å²) in [6, 6.07) is 24.1. The molecule has 0 aliphatic carbocycles. The number of hydrogen-bond donors (Lipinski definition) is 3. The first-order chi connectivity index (χ1) is 15.9. The molecule has 6 heteroatoms. The predicted molar refractivity (Wildman–Crippen MR) is 133 cm³/mol. The quantitative estimate of drug-likeness (QED) is 0.390. The first kappa shape index (κ1) is 23.9. The molecule has 33 heavy (non-hydrogen) atoms. The van der Waals surface area contributed by atoms with E-state index in [2.05, 4.69) is 22.9 Å². The van der Waals surface area contributed by atoms with Gasteiger partial charge in [-0.2, -0.15) is 0 Å². The summed E-state index contributed by atoms with van der Waals surface area (Å²) in [6.45, 7) is 6.15. The zero-order valence-electron chi connectivity index (χ0n) is 19.3. The molecule has 3 aromatic carbocycles. The van der Waals surface area contributed by atoms with Crippen molar-refractivity contribution in [2.75, 3.05) is 17.2 Å². The van der Waals surface area contributed by atoms with Gasteiger partial charge in [0.1, 0.15) is 5.75 Å². The Morgan fingerprint density at radius 3 is 2.30 bits per heavy atom. The predicted octanol–water partition coefficient (Wildman–Crippen LogP) is 5.41. The molecule has 0 heterocycles. The average Bonchev–Trinajstić information content (AvgIpc) is 2.84. The van der Waals surface area contributed by atoms with E-state index in [9.17, 15) is 9.59 Å².